The van der Waals surface area contributed by atoms with Gasteiger partial charge in [0, 0.05) is 11.3 Å². The maximum atomic E-state index is 13.4. The van der Waals surface area contributed by atoms with E-state index in [0.29, 0.717) is 23.1 Å². The standard InChI is InChI=1S/C31H33NO3/c1-6-21-7-9-25(10-8-21)29(33)27-28(24-13-11-22(12-14-24)19(2)3)32(31(35)30(27)34)26-17-15-23(16-18-26)20(4)5/h7-20,28,33H,6H2,1-5H3/b29-27-. The summed E-state index contributed by atoms with van der Waals surface area (Å²) < 4.78 is 0. The molecule has 1 atom stereocenters. The van der Waals surface area contributed by atoms with Crippen LogP contribution in [0.25, 0.3) is 5.76 Å². The van der Waals surface area contributed by atoms with Crippen LogP contribution in [0.1, 0.15) is 80.3 Å². The first kappa shape index (κ1) is 24.5. The summed E-state index contributed by atoms with van der Waals surface area (Å²) in [5.74, 6) is -0.744. The molecule has 4 rings (SSSR count). The first-order chi connectivity index (χ1) is 16.7. The average Bonchev–Trinajstić information content (AvgIpc) is 3.14. The van der Waals surface area contributed by atoms with Crippen molar-refractivity contribution in [1.29, 1.82) is 0 Å². The van der Waals surface area contributed by atoms with E-state index in [1.165, 1.54) is 10.5 Å². The van der Waals surface area contributed by atoms with E-state index < -0.39 is 17.7 Å². The van der Waals surface area contributed by atoms with Gasteiger partial charge in [-0.15, -0.1) is 0 Å². The van der Waals surface area contributed by atoms with Crippen molar-refractivity contribution < 1.29 is 14.7 Å². The molecule has 0 aliphatic carbocycles. The first-order valence-corrected chi connectivity index (χ1v) is 12.3. The van der Waals surface area contributed by atoms with Crippen molar-refractivity contribution in [1.82, 2.24) is 0 Å². The molecule has 1 fully saturated rings. The Labute approximate surface area is 207 Å². The first-order valence-electron chi connectivity index (χ1n) is 12.3. The second kappa shape index (κ2) is 9.91. The second-order valence-electron chi connectivity index (χ2n) is 9.79. The van der Waals surface area contributed by atoms with E-state index in [9.17, 15) is 14.7 Å². The quantitative estimate of drug-likeness (QED) is 0.238. The molecule has 1 N–H and O–H groups in total. The highest BCUT2D eigenvalue weighted by Crippen LogP contribution is 2.42. The van der Waals surface area contributed by atoms with Crippen LogP contribution in [0.3, 0.4) is 0 Å². The molecule has 35 heavy (non-hydrogen) atoms. The van der Waals surface area contributed by atoms with Gasteiger partial charge < -0.3 is 5.11 Å². The Morgan fingerprint density at radius 2 is 1.31 bits per heavy atom. The fourth-order valence-electron chi connectivity index (χ4n) is 4.55. The van der Waals surface area contributed by atoms with Gasteiger partial charge in [0.05, 0.1) is 11.6 Å². The third-order valence-electron chi connectivity index (χ3n) is 6.84. The summed E-state index contributed by atoms with van der Waals surface area (Å²) in [6, 6.07) is 22.5. The number of anilines is 1. The Balaban J connectivity index is 1.88. The maximum Gasteiger partial charge on any atom is 0.300 e. The predicted octanol–water partition coefficient (Wildman–Crippen LogP) is 7.12. The fraction of sp³-hybridized carbons (Fsp3) is 0.290. The highest BCUT2D eigenvalue weighted by molar-refractivity contribution is 6.51. The van der Waals surface area contributed by atoms with Crippen molar-refractivity contribution in [2.45, 2.75) is 58.9 Å². The minimum Gasteiger partial charge on any atom is -0.507 e. The third-order valence-corrected chi connectivity index (χ3v) is 6.84. The number of Topliss-reactive ketones (excluding diaryl/α,β-unsaturated/α-hetero) is 1. The smallest absolute Gasteiger partial charge is 0.300 e. The minimum absolute atomic E-state index is 0.115. The molecule has 1 heterocycles. The molecule has 0 aromatic heterocycles. The van der Waals surface area contributed by atoms with Crippen molar-refractivity contribution >= 4 is 23.1 Å². The summed E-state index contributed by atoms with van der Waals surface area (Å²) in [6.45, 7) is 10.5. The molecule has 1 unspecified atom stereocenters. The van der Waals surface area contributed by atoms with Crippen LogP contribution in [-0.2, 0) is 16.0 Å². The van der Waals surface area contributed by atoms with E-state index in [0.717, 1.165) is 23.1 Å². The number of carbonyl (C=O) groups is 2. The molecule has 3 aromatic rings. The Hall–Kier alpha value is -3.66. The molecule has 0 radical (unpaired) electrons. The maximum absolute atomic E-state index is 13.4. The molecule has 0 saturated carbocycles. The summed E-state index contributed by atoms with van der Waals surface area (Å²) in [7, 11) is 0. The van der Waals surface area contributed by atoms with Gasteiger partial charge in [-0.2, -0.15) is 0 Å². The molecule has 4 nitrogen and oxygen atoms in total. The summed E-state index contributed by atoms with van der Waals surface area (Å²) in [5, 5.41) is 11.3. The average molecular weight is 468 g/mol. The molecular formula is C31H33NO3. The van der Waals surface area contributed by atoms with Crippen LogP contribution in [0.4, 0.5) is 5.69 Å². The summed E-state index contributed by atoms with van der Waals surface area (Å²) in [4.78, 5) is 28.2. The largest absolute Gasteiger partial charge is 0.507 e. The number of hydrogen-bond donors (Lipinski definition) is 1. The Morgan fingerprint density at radius 3 is 1.80 bits per heavy atom. The van der Waals surface area contributed by atoms with E-state index in [4.69, 9.17) is 0 Å². The van der Waals surface area contributed by atoms with Crippen LogP contribution in [-0.4, -0.2) is 16.8 Å². The van der Waals surface area contributed by atoms with Crippen molar-refractivity contribution in [3.05, 3.63) is 106 Å². The number of aryl methyl sites for hydroxylation is 1. The van der Waals surface area contributed by atoms with Crippen LogP contribution in [0.5, 0.6) is 0 Å². The number of carbonyl (C=O) groups excluding carboxylic acids is 2. The van der Waals surface area contributed by atoms with Gasteiger partial charge in [-0.1, -0.05) is 95.3 Å². The number of ketones is 1. The number of rotatable bonds is 6. The number of aliphatic hydroxyl groups excluding tert-OH is 1. The lowest BCUT2D eigenvalue weighted by Crippen LogP contribution is -2.29. The lowest BCUT2D eigenvalue weighted by molar-refractivity contribution is -0.132. The zero-order valence-corrected chi connectivity index (χ0v) is 21.1. The summed E-state index contributed by atoms with van der Waals surface area (Å²) in [6.07, 6.45) is 0.875. The van der Waals surface area contributed by atoms with Crippen molar-refractivity contribution in [3.63, 3.8) is 0 Å². The number of benzene rings is 3. The van der Waals surface area contributed by atoms with Gasteiger partial charge in [0.15, 0.2) is 0 Å². The molecule has 1 saturated heterocycles. The second-order valence-corrected chi connectivity index (χ2v) is 9.79. The molecule has 180 valence electrons. The monoisotopic (exact) mass is 467 g/mol. The van der Waals surface area contributed by atoms with Crippen molar-refractivity contribution in [2.24, 2.45) is 0 Å². The Bertz CT molecular complexity index is 1250. The lowest BCUT2D eigenvalue weighted by atomic mass is 9.92. The van der Waals surface area contributed by atoms with Crippen LogP contribution >= 0.6 is 0 Å². The molecule has 0 bridgehead atoms. The molecular weight excluding hydrogens is 434 g/mol. The Morgan fingerprint density at radius 1 is 0.800 bits per heavy atom. The van der Waals surface area contributed by atoms with Gasteiger partial charge in [-0.25, -0.2) is 0 Å². The lowest BCUT2D eigenvalue weighted by Gasteiger charge is -2.26. The summed E-state index contributed by atoms with van der Waals surface area (Å²) >= 11 is 0. The predicted molar refractivity (Wildman–Crippen MR) is 142 cm³/mol. The van der Waals surface area contributed by atoms with Gasteiger partial charge in [0.2, 0.25) is 0 Å². The van der Waals surface area contributed by atoms with Crippen LogP contribution in [0.2, 0.25) is 0 Å². The third kappa shape index (κ3) is 4.66. The zero-order chi connectivity index (χ0) is 25.3. The van der Waals surface area contributed by atoms with Crippen LogP contribution in [0, 0.1) is 0 Å². The van der Waals surface area contributed by atoms with Gasteiger partial charge in [0.1, 0.15) is 5.76 Å². The molecule has 0 spiro atoms. The Kier molecular flexibility index (Phi) is 6.93. The number of amides is 1. The topological polar surface area (TPSA) is 57.6 Å². The van der Waals surface area contributed by atoms with Crippen molar-refractivity contribution in [2.75, 3.05) is 4.90 Å². The van der Waals surface area contributed by atoms with Crippen LogP contribution < -0.4 is 4.90 Å². The van der Waals surface area contributed by atoms with E-state index in [-0.39, 0.29) is 11.3 Å². The molecule has 1 aliphatic heterocycles. The number of hydrogen-bond acceptors (Lipinski definition) is 3. The van der Waals surface area contributed by atoms with E-state index in [1.807, 2.05) is 60.7 Å². The normalized spacial score (nSPS) is 17.6. The number of aliphatic hydroxyl groups is 1. The number of nitrogens with zero attached hydrogens (tertiary/aromatic N) is 1. The molecule has 4 heteroatoms. The molecule has 1 aliphatic rings. The van der Waals surface area contributed by atoms with Crippen LogP contribution in [0.15, 0.2) is 78.4 Å². The van der Waals surface area contributed by atoms with Gasteiger partial charge in [0.25, 0.3) is 11.7 Å². The van der Waals surface area contributed by atoms with Gasteiger partial charge in [-0.3, -0.25) is 14.5 Å². The highest BCUT2D eigenvalue weighted by Gasteiger charge is 2.47. The summed E-state index contributed by atoms with van der Waals surface area (Å²) in [5.41, 5.74) is 5.51. The van der Waals surface area contributed by atoms with E-state index in [1.54, 1.807) is 12.1 Å². The van der Waals surface area contributed by atoms with Gasteiger partial charge >= 0.3 is 0 Å². The fourth-order valence-corrected chi connectivity index (χ4v) is 4.55. The van der Waals surface area contributed by atoms with Crippen molar-refractivity contribution in [3.8, 4) is 0 Å². The van der Waals surface area contributed by atoms with Gasteiger partial charge in [-0.05, 0) is 52.6 Å². The van der Waals surface area contributed by atoms with E-state index >= 15 is 0 Å². The SMILES string of the molecule is CCc1ccc(/C(O)=C2/C(=O)C(=O)N(c3ccc(C(C)C)cc3)C2c2ccc(C(C)C)cc2)cc1. The zero-order valence-electron chi connectivity index (χ0n) is 21.1. The molecule has 1 amide bonds. The molecule has 3 aromatic carbocycles. The van der Waals surface area contributed by atoms with E-state index in [2.05, 4.69) is 34.6 Å². The highest BCUT2D eigenvalue weighted by atomic mass is 16.3. The minimum atomic E-state index is -0.716.